The molecule has 0 aliphatic heterocycles. The van der Waals surface area contributed by atoms with E-state index < -0.39 is 28.8 Å². The van der Waals surface area contributed by atoms with Crippen LogP contribution >= 0.6 is 27.2 Å². The van der Waals surface area contributed by atoms with E-state index in [1.165, 1.54) is 12.1 Å². The van der Waals surface area contributed by atoms with Crippen LogP contribution in [0, 0.1) is 13.8 Å². The van der Waals surface area contributed by atoms with Gasteiger partial charge >= 0.3 is 41.8 Å². The van der Waals surface area contributed by atoms with Crippen molar-refractivity contribution in [3.05, 3.63) is 52.6 Å². The van der Waals surface area contributed by atoms with Crippen molar-refractivity contribution in [2.45, 2.75) is 46.2 Å². The molecule has 0 radical (unpaired) electrons. The Bertz CT molecular complexity index is 790. The van der Waals surface area contributed by atoms with Crippen molar-refractivity contribution in [2.75, 3.05) is 0 Å². The van der Waals surface area contributed by atoms with Crippen molar-refractivity contribution in [3.63, 3.8) is 0 Å². The van der Waals surface area contributed by atoms with Crippen molar-refractivity contribution in [1.29, 1.82) is 0 Å². The number of hydrogen-bond acceptors (Lipinski definition) is 1. The molecular weight excluding hydrogens is 451 g/mol. The Kier molecular flexibility index (Phi) is 9.17. The summed E-state index contributed by atoms with van der Waals surface area (Å²) in [4.78, 5) is 0. The van der Waals surface area contributed by atoms with Crippen LogP contribution in [0.15, 0.2) is 30.3 Å². The molecule has 148 valence electrons. The van der Waals surface area contributed by atoms with Crippen LogP contribution in [0.2, 0.25) is 0 Å². The Morgan fingerprint density at radius 2 is 1.41 bits per heavy atom. The molecule has 27 heavy (non-hydrogen) atoms. The van der Waals surface area contributed by atoms with E-state index in [2.05, 4.69) is 0 Å². The molecular formula is C19H22Cl2F3OPTi. The van der Waals surface area contributed by atoms with Crippen molar-refractivity contribution < 1.29 is 35.3 Å². The van der Waals surface area contributed by atoms with Gasteiger partial charge in [0.2, 0.25) is 0 Å². The van der Waals surface area contributed by atoms with Crippen LogP contribution in [-0.2, 0) is 28.6 Å². The normalized spacial score (nSPS) is 12.1. The van der Waals surface area contributed by atoms with E-state index in [-0.39, 0.29) is 25.0 Å². The van der Waals surface area contributed by atoms with Crippen LogP contribution in [0.25, 0.3) is 0 Å². The van der Waals surface area contributed by atoms with Crippen LogP contribution in [0.3, 0.4) is 0 Å². The Balaban J connectivity index is 0.00000114. The number of aryl methyl sites for hydroxylation is 2. The van der Waals surface area contributed by atoms with Gasteiger partial charge in [-0.1, -0.05) is 53.1 Å². The Labute approximate surface area is 177 Å². The number of hydrogen-bond donors (Lipinski definition) is 1. The molecule has 0 amide bonds. The van der Waals surface area contributed by atoms with Gasteiger partial charge < -0.3 is 5.11 Å². The molecule has 0 bridgehead atoms. The Morgan fingerprint density at radius 1 is 0.889 bits per heavy atom. The van der Waals surface area contributed by atoms with Crippen molar-refractivity contribution >= 4 is 37.8 Å². The maximum atomic E-state index is 13.3. The summed E-state index contributed by atoms with van der Waals surface area (Å²) >= 11 is -0.556. The van der Waals surface area contributed by atoms with Gasteiger partial charge in [0.25, 0.3) is 0 Å². The van der Waals surface area contributed by atoms with Gasteiger partial charge in [0.05, 0.1) is 5.56 Å². The first-order valence-corrected chi connectivity index (χ1v) is 13.4. The number of phenols is 1. The number of rotatable bonds is 2. The fourth-order valence-corrected chi connectivity index (χ4v) is 3.95. The van der Waals surface area contributed by atoms with Crippen molar-refractivity contribution in [3.8, 4) is 5.75 Å². The van der Waals surface area contributed by atoms with Crippen LogP contribution in [0.5, 0.6) is 5.75 Å². The molecule has 1 nitrogen and oxygen atoms in total. The summed E-state index contributed by atoms with van der Waals surface area (Å²) in [5.41, 5.74) is 1.35. The fourth-order valence-electron chi connectivity index (χ4n) is 2.59. The monoisotopic (exact) mass is 472 g/mol. The third-order valence-corrected chi connectivity index (χ3v) is 5.17. The van der Waals surface area contributed by atoms with E-state index in [1.807, 2.05) is 33.8 Å². The minimum absolute atomic E-state index is 0.0973. The zero-order valence-electron chi connectivity index (χ0n) is 15.7. The molecule has 0 saturated heterocycles. The van der Waals surface area contributed by atoms with E-state index in [4.69, 9.17) is 18.6 Å². The van der Waals surface area contributed by atoms with E-state index in [1.54, 1.807) is 19.1 Å². The van der Waals surface area contributed by atoms with Crippen LogP contribution < -0.4 is 10.6 Å². The molecule has 0 aliphatic carbocycles. The van der Waals surface area contributed by atoms with E-state index in [9.17, 15) is 18.3 Å². The van der Waals surface area contributed by atoms with Gasteiger partial charge in [0, 0.05) is 10.9 Å². The average Bonchev–Trinajstić information content (AvgIpc) is 2.51. The van der Waals surface area contributed by atoms with Crippen LogP contribution in [0.4, 0.5) is 13.2 Å². The minimum atomic E-state index is -4.40. The van der Waals surface area contributed by atoms with Crippen LogP contribution in [0.1, 0.15) is 43.0 Å². The first kappa shape index (κ1) is 24.8. The Morgan fingerprint density at radius 3 is 1.89 bits per heavy atom. The van der Waals surface area contributed by atoms with E-state index in [0.29, 0.717) is 10.9 Å². The first-order valence-electron chi connectivity index (χ1n) is 8.06. The standard InChI is InChI=1S/C19H22F3OP.2ClH.Ti/c1-11-6-7-15(13(8-11)19(20,21)22)24-16-10-12(2)9-14(17(16)23)18(3,4)5;;;/h6-10,23-24H,1-5H3;2*1H;/q;;;+2/p-2. The summed E-state index contributed by atoms with van der Waals surface area (Å²) in [6, 6.07) is 8.01. The molecule has 0 saturated carbocycles. The van der Waals surface area contributed by atoms with E-state index >= 15 is 0 Å². The first-order chi connectivity index (χ1) is 12.3. The molecule has 2 rings (SSSR count). The summed E-state index contributed by atoms with van der Waals surface area (Å²) in [6.07, 6.45) is -4.40. The molecule has 0 spiro atoms. The maximum absolute atomic E-state index is 13.3. The molecule has 0 heterocycles. The average molecular weight is 473 g/mol. The molecule has 0 aromatic heterocycles. The zero-order chi connectivity index (χ0) is 21.0. The number of benzene rings is 2. The summed E-state index contributed by atoms with van der Waals surface area (Å²) in [6.45, 7) is 9.46. The van der Waals surface area contributed by atoms with Gasteiger partial charge in [-0.15, -0.1) is 0 Å². The molecule has 0 aliphatic rings. The van der Waals surface area contributed by atoms with Crippen molar-refractivity contribution in [1.82, 2.24) is 0 Å². The van der Waals surface area contributed by atoms with Crippen LogP contribution in [-0.4, -0.2) is 5.11 Å². The van der Waals surface area contributed by atoms with Gasteiger partial charge in [-0.2, -0.15) is 13.2 Å². The molecule has 1 unspecified atom stereocenters. The predicted octanol–water partition coefficient (Wildman–Crippen LogP) is 6.33. The molecule has 2 aromatic rings. The molecule has 0 fully saturated rings. The summed E-state index contributed by atoms with van der Waals surface area (Å²) in [5, 5.41) is 11.3. The van der Waals surface area contributed by atoms with Gasteiger partial charge in [-0.05, 0) is 42.3 Å². The molecule has 1 atom stereocenters. The number of phenolic OH excluding ortho intramolecular Hbond substituents is 1. The van der Waals surface area contributed by atoms with Crippen molar-refractivity contribution in [2.24, 2.45) is 0 Å². The second-order valence-electron chi connectivity index (χ2n) is 7.20. The van der Waals surface area contributed by atoms with Gasteiger partial charge in [-0.3, -0.25) is 0 Å². The van der Waals surface area contributed by atoms with E-state index in [0.717, 1.165) is 11.1 Å². The fraction of sp³-hybridized carbons (Fsp3) is 0.368. The third kappa shape index (κ3) is 7.26. The molecule has 2 aromatic carbocycles. The van der Waals surface area contributed by atoms with Gasteiger partial charge in [0.15, 0.2) is 0 Å². The number of aromatic hydroxyl groups is 1. The molecule has 8 heteroatoms. The third-order valence-electron chi connectivity index (χ3n) is 3.81. The van der Waals surface area contributed by atoms with Gasteiger partial charge in [0.1, 0.15) is 5.75 Å². The second-order valence-corrected chi connectivity index (χ2v) is 11.1. The Hall–Kier alpha value is -0.246. The summed E-state index contributed by atoms with van der Waals surface area (Å²) < 4.78 is 40.0. The predicted molar refractivity (Wildman–Crippen MR) is 107 cm³/mol. The quantitative estimate of drug-likeness (QED) is 0.400. The number of halogens is 5. The summed E-state index contributed by atoms with van der Waals surface area (Å²) in [5.74, 6) is 0.0973. The molecule has 1 N–H and O–H groups in total. The SMILES string of the molecule is Cc1cc(Pc2ccc(C)cc2C(F)(F)F)c(O)c(C(C)(C)C)c1.[Cl][Ti][Cl]. The summed E-state index contributed by atoms with van der Waals surface area (Å²) in [7, 11) is 9.52. The van der Waals surface area contributed by atoms with Gasteiger partial charge in [-0.25, -0.2) is 0 Å². The topological polar surface area (TPSA) is 20.2 Å². The zero-order valence-corrected chi connectivity index (χ0v) is 19.8. The second kappa shape index (κ2) is 9.99. The number of alkyl halides is 3.